The molecule has 0 aliphatic carbocycles. The van der Waals surface area contributed by atoms with Crippen molar-refractivity contribution in [3.63, 3.8) is 0 Å². The van der Waals surface area contributed by atoms with Crippen molar-refractivity contribution in [2.45, 2.75) is 13.8 Å². The molecule has 6 N–H and O–H groups in total. The average Bonchev–Trinajstić information content (AvgIpc) is 3.32. The molecule has 0 saturated carbocycles. The van der Waals surface area contributed by atoms with Crippen LogP contribution in [-0.2, 0) is 0 Å². The molecule has 0 aliphatic rings. The molecule has 0 spiro atoms. The molecule has 35 heavy (non-hydrogen) atoms. The van der Waals surface area contributed by atoms with Crippen molar-refractivity contribution in [3.8, 4) is 5.75 Å². The molecule has 0 saturated heterocycles. The molecule has 0 atom stereocenters. The minimum atomic E-state index is -0.424. The van der Waals surface area contributed by atoms with Crippen LogP contribution in [0.4, 0.5) is 22.7 Å². The number of amides is 2. The number of hydrogen-bond donors (Lipinski definition) is 4. The number of anilines is 4. The van der Waals surface area contributed by atoms with Crippen LogP contribution >= 0.6 is 34.3 Å². The molecule has 2 heterocycles. The Morgan fingerprint density at radius 3 is 2.03 bits per heavy atom. The van der Waals surface area contributed by atoms with Gasteiger partial charge in [0.05, 0.1) is 33.6 Å². The highest BCUT2D eigenvalue weighted by Crippen LogP contribution is 2.45. The van der Waals surface area contributed by atoms with E-state index in [-0.39, 0.29) is 26.9 Å². The fourth-order valence-corrected chi connectivity index (χ4v) is 5.98. The fraction of sp³-hybridized carbons (Fsp3) is 0.125. The van der Waals surface area contributed by atoms with Crippen molar-refractivity contribution in [1.29, 1.82) is 0 Å². The molecular weight excluding hydrogens is 508 g/mol. The molecule has 8 nitrogen and oxygen atoms in total. The molecule has 0 aliphatic heterocycles. The van der Waals surface area contributed by atoms with Gasteiger partial charge in [0.2, 0.25) is 0 Å². The van der Waals surface area contributed by atoms with Gasteiger partial charge in [0, 0.05) is 22.3 Å². The van der Waals surface area contributed by atoms with Gasteiger partial charge in [-0.3, -0.25) is 14.4 Å². The molecule has 2 aromatic carbocycles. The highest BCUT2D eigenvalue weighted by atomic mass is 35.5. The minimum absolute atomic E-state index is 0.0643. The smallest absolute Gasteiger partial charge is 0.268 e. The number of Topliss-reactive ketones (excluding diaryl/α,β-unsaturated/α-hetero) is 1. The van der Waals surface area contributed by atoms with Crippen molar-refractivity contribution >= 4 is 84.0 Å². The number of nitrogens with two attached hydrogens (primary N) is 2. The van der Waals surface area contributed by atoms with E-state index in [0.29, 0.717) is 37.1 Å². The lowest BCUT2D eigenvalue weighted by molar-refractivity contribution is 0.101. The largest absolute Gasteiger partial charge is 0.495 e. The van der Waals surface area contributed by atoms with Crippen LogP contribution in [-0.4, -0.2) is 24.7 Å². The molecule has 11 heteroatoms. The Labute approximate surface area is 213 Å². The first-order valence-corrected chi connectivity index (χ1v) is 12.3. The summed E-state index contributed by atoms with van der Waals surface area (Å²) in [6, 6.07) is 9.89. The predicted octanol–water partition coefficient (Wildman–Crippen LogP) is 5.80. The van der Waals surface area contributed by atoms with E-state index in [1.54, 1.807) is 36.4 Å². The first kappa shape index (κ1) is 24.5. The quantitative estimate of drug-likeness (QED) is 0.233. The van der Waals surface area contributed by atoms with Crippen molar-refractivity contribution in [1.82, 2.24) is 0 Å². The van der Waals surface area contributed by atoms with Crippen LogP contribution in [0.5, 0.6) is 5.75 Å². The SMILES string of the molecule is COc1cc(Cl)c(C)cc1NC(=O)c1sc2sc(C(=O)Nc3ccc(C(C)=O)cc3)c(N)c2c1N. The number of nitrogen functional groups attached to an aromatic ring is 2. The number of carbonyl (C=O) groups excluding carboxylic acids is 3. The van der Waals surface area contributed by atoms with Crippen LogP contribution in [0.1, 0.15) is 42.2 Å². The third-order valence-corrected chi connectivity index (χ3v) is 8.22. The first-order valence-electron chi connectivity index (χ1n) is 10.3. The third-order valence-electron chi connectivity index (χ3n) is 5.31. The summed E-state index contributed by atoms with van der Waals surface area (Å²) in [6.07, 6.45) is 0. The number of ether oxygens (including phenoxy) is 1. The van der Waals surface area contributed by atoms with E-state index < -0.39 is 11.8 Å². The predicted molar refractivity (Wildman–Crippen MR) is 144 cm³/mol. The summed E-state index contributed by atoms with van der Waals surface area (Å²) in [7, 11) is 1.48. The number of hydrogen-bond acceptors (Lipinski definition) is 8. The van der Waals surface area contributed by atoms with Gasteiger partial charge in [0.15, 0.2) is 5.78 Å². The van der Waals surface area contributed by atoms with Gasteiger partial charge in [-0.25, -0.2) is 0 Å². The van der Waals surface area contributed by atoms with Gasteiger partial charge < -0.3 is 26.8 Å². The summed E-state index contributed by atoms with van der Waals surface area (Å²) >= 11 is 8.45. The molecule has 0 bridgehead atoms. The summed E-state index contributed by atoms with van der Waals surface area (Å²) in [5, 5.41) is 6.57. The zero-order chi connectivity index (χ0) is 25.4. The van der Waals surface area contributed by atoms with Gasteiger partial charge in [0.25, 0.3) is 11.8 Å². The number of fused-ring (bicyclic) bond motifs is 1. The maximum Gasteiger partial charge on any atom is 0.268 e. The van der Waals surface area contributed by atoms with E-state index in [4.69, 9.17) is 27.8 Å². The number of benzene rings is 2. The molecule has 0 fully saturated rings. The van der Waals surface area contributed by atoms with Crippen molar-refractivity contribution in [2.24, 2.45) is 0 Å². The maximum absolute atomic E-state index is 13.0. The molecule has 4 rings (SSSR count). The van der Waals surface area contributed by atoms with Gasteiger partial charge in [-0.15, -0.1) is 22.7 Å². The Morgan fingerprint density at radius 2 is 1.51 bits per heavy atom. The molecular formula is C24H21ClN4O4S2. The van der Waals surface area contributed by atoms with E-state index in [1.807, 2.05) is 6.92 Å². The van der Waals surface area contributed by atoms with E-state index in [1.165, 1.54) is 14.0 Å². The first-order chi connectivity index (χ1) is 16.6. The second-order valence-electron chi connectivity index (χ2n) is 7.70. The highest BCUT2D eigenvalue weighted by Gasteiger charge is 2.25. The van der Waals surface area contributed by atoms with E-state index in [2.05, 4.69) is 10.6 Å². The van der Waals surface area contributed by atoms with Crippen LogP contribution in [0, 0.1) is 6.92 Å². The summed E-state index contributed by atoms with van der Waals surface area (Å²) in [5.74, 6) is -0.476. The molecule has 2 amide bonds. The number of carbonyl (C=O) groups is 3. The minimum Gasteiger partial charge on any atom is -0.495 e. The lowest BCUT2D eigenvalue weighted by Gasteiger charge is -2.12. The maximum atomic E-state index is 13.0. The Hall–Kier alpha value is -3.60. The fourth-order valence-electron chi connectivity index (χ4n) is 3.43. The lowest BCUT2D eigenvalue weighted by Crippen LogP contribution is -2.13. The Bertz CT molecular complexity index is 1490. The van der Waals surface area contributed by atoms with Crippen molar-refractivity contribution in [2.75, 3.05) is 29.2 Å². The number of rotatable bonds is 6. The van der Waals surface area contributed by atoms with Crippen LogP contribution < -0.4 is 26.8 Å². The Kier molecular flexibility index (Phi) is 6.70. The van der Waals surface area contributed by atoms with Crippen LogP contribution in [0.2, 0.25) is 5.02 Å². The van der Waals surface area contributed by atoms with Gasteiger partial charge in [0.1, 0.15) is 15.5 Å². The zero-order valence-electron chi connectivity index (χ0n) is 18.9. The van der Waals surface area contributed by atoms with E-state index in [9.17, 15) is 14.4 Å². The summed E-state index contributed by atoms with van der Waals surface area (Å²) in [6.45, 7) is 3.29. The average molecular weight is 529 g/mol. The number of methoxy groups -OCH3 is 1. The van der Waals surface area contributed by atoms with Crippen LogP contribution in [0.3, 0.4) is 0 Å². The molecule has 0 radical (unpaired) electrons. The topological polar surface area (TPSA) is 137 Å². The third kappa shape index (κ3) is 4.68. The normalized spacial score (nSPS) is 10.9. The monoisotopic (exact) mass is 528 g/mol. The van der Waals surface area contributed by atoms with E-state index >= 15 is 0 Å². The zero-order valence-corrected chi connectivity index (χ0v) is 21.3. The van der Waals surface area contributed by atoms with Gasteiger partial charge in [-0.05, 0) is 49.7 Å². The molecule has 0 unspecified atom stereocenters. The summed E-state index contributed by atoms with van der Waals surface area (Å²) in [5.41, 5.74) is 15.3. The number of ketones is 1. The number of aryl methyl sites for hydroxylation is 1. The van der Waals surface area contributed by atoms with Gasteiger partial charge in [-0.2, -0.15) is 0 Å². The van der Waals surface area contributed by atoms with Crippen molar-refractivity contribution < 1.29 is 19.1 Å². The molecule has 180 valence electrons. The van der Waals surface area contributed by atoms with Crippen molar-refractivity contribution in [3.05, 3.63) is 62.3 Å². The standard InChI is InChI=1S/C24H21ClN4O4S2/c1-10-8-15(16(33-3)9-14(10)25)29-23(32)21-19(27)17-18(26)20(34-24(17)35-21)22(31)28-13-6-4-12(5-7-13)11(2)30/h4-9H,26-27H2,1-3H3,(H,28,31)(H,29,32). The van der Waals surface area contributed by atoms with E-state index in [0.717, 1.165) is 28.2 Å². The van der Waals surface area contributed by atoms with Gasteiger partial charge >= 0.3 is 0 Å². The highest BCUT2D eigenvalue weighted by molar-refractivity contribution is 7.40. The van der Waals surface area contributed by atoms with Crippen LogP contribution in [0.15, 0.2) is 36.4 Å². The summed E-state index contributed by atoms with van der Waals surface area (Å²) in [4.78, 5) is 37.8. The second-order valence-corrected chi connectivity index (χ2v) is 10.4. The van der Waals surface area contributed by atoms with Gasteiger partial charge in [-0.1, -0.05) is 11.6 Å². The van der Waals surface area contributed by atoms with Crippen LogP contribution in [0.25, 0.3) is 9.40 Å². The molecule has 4 aromatic rings. The number of nitrogens with one attached hydrogen (secondary N) is 2. The summed E-state index contributed by atoms with van der Waals surface area (Å²) < 4.78 is 5.97. The molecule has 2 aromatic heterocycles. The Balaban J connectivity index is 1.59. The Morgan fingerprint density at radius 1 is 0.943 bits per heavy atom. The second kappa shape index (κ2) is 9.57. The lowest BCUT2D eigenvalue weighted by atomic mass is 10.1. The number of halogens is 1. The number of thiophene rings is 2.